The van der Waals surface area contributed by atoms with Gasteiger partial charge < -0.3 is 15.1 Å². The monoisotopic (exact) mass is 395 g/mol. The molecule has 28 heavy (non-hydrogen) atoms. The number of likely N-dealkylation sites (N-methyl/N-ethyl adjacent to an activating group) is 1. The number of hydrogen-bond donors (Lipinski definition) is 1. The summed E-state index contributed by atoms with van der Waals surface area (Å²) in [6.07, 6.45) is 0. The number of carbonyl (C=O) groups excluding carboxylic acids is 1. The number of halogens is 1. The zero-order chi connectivity index (χ0) is 18.6. The molecule has 0 aromatic heterocycles. The van der Waals surface area contributed by atoms with Gasteiger partial charge in [0.2, 0.25) is 0 Å². The maximum absolute atomic E-state index is 12.6. The molecule has 0 aliphatic carbocycles. The lowest BCUT2D eigenvalue weighted by Crippen LogP contribution is -2.46. The third kappa shape index (κ3) is 4.46. The van der Waals surface area contributed by atoms with Crippen LogP contribution in [0.25, 0.3) is 10.8 Å². The number of benzene rings is 3. The molecular formula is C23H26ClN3O. The van der Waals surface area contributed by atoms with Crippen LogP contribution in [-0.2, 0) is 0 Å². The normalized spacial score (nSPS) is 14.5. The van der Waals surface area contributed by atoms with E-state index in [4.69, 9.17) is 0 Å². The first-order valence-electron chi connectivity index (χ1n) is 9.60. The second kappa shape index (κ2) is 9.09. The Kier molecular flexibility index (Phi) is 6.55. The molecule has 0 bridgehead atoms. The molecule has 1 amide bonds. The molecule has 3 aromatic rings. The van der Waals surface area contributed by atoms with Crippen molar-refractivity contribution in [3.8, 4) is 0 Å². The minimum absolute atomic E-state index is 0. The van der Waals surface area contributed by atoms with Gasteiger partial charge in [0.05, 0.1) is 0 Å². The predicted octanol–water partition coefficient (Wildman–Crippen LogP) is 4.66. The van der Waals surface area contributed by atoms with Crippen LogP contribution in [0.5, 0.6) is 0 Å². The van der Waals surface area contributed by atoms with Gasteiger partial charge >= 0.3 is 0 Å². The largest absolute Gasteiger partial charge is 0.369 e. The van der Waals surface area contributed by atoms with Crippen molar-refractivity contribution in [3.63, 3.8) is 0 Å². The van der Waals surface area contributed by atoms with E-state index in [1.165, 1.54) is 5.69 Å². The standard InChI is InChI=1S/C23H25N3O.ClH/c1-2-25-13-15-26(16-14-25)22-11-9-21(10-12-22)24-23(27)20-8-7-18-5-3-4-6-19(18)17-20;/h3-12,17H,2,13-16H2,1H3,(H,24,27);1H. The molecule has 1 aliphatic rings. The van der Waals surface area contributed by atoms with Crippen molar-refractivity contribution in [3.05, 3.63) is 72.3 Å². The van der Waals surface area contributed by atoms with Crippen molar-refractivity contribution in [1.29, 1.82) is 0 Å². The highest BCUT2D eigenvalue weighted by Crippen LogP contribution is 2.21. The smallest absolute Gasteiger partial charge is 0.255 e. The number of hydrogen-bond acceptors (Lipinski definition) is 3. The van der Waals surface area contributed by atoms with Gasteiger partial charge in [0.15, 0.2) is 0 Å². The maximum atomic E-state index is 12.6. The minimum Gasteiger partial charge on any atom is -0.369 e. The predicted molar refractivity (Wildman–Crippen MR) is 120 cm³/mol. The van der Waals surface area contributed by atoms with Gasteiger partial charge in [-0.15, -0.1) is 12.4 Å². The average molecular weight is 396 g/mol. The number of nitrogens with zero attached hydrogens (tertiary/aromatic N) is 2. The average Bonchev–Trinajstić information content (AvgIpc) is 2.74. The van der Waals surface area contributed by atoms with Gasteiger partial charge in [-0.3, -0.25) is 4.79 Å². The van der Waals surface area contributed by atoms with Crippen molar-refractivity contribution < 1.29 is 4.79 Å². The van der Waals surface area contributed by atoms with E-state index < -0.39 is 0 Å². The first-order valence-corrected chi connectivity index (χ1v) is 9.60. The summed E-state index contributed by atoms with van der Waals surface area (Å²) < 4.78 is 0. The lowest BCUT2D eigenvalue weighted by molar-refractivity contribution is 0.102. The fourth-order valence-corrected chi connectivity index (χ4v) is 3.61. The topological polar surface area (TPSA) is 35.6 Å². The molecule has 1 aliphatic heterocycles. The van der Waals surface area contributed by atoms with Gasteiger partial charge in [0.1, 0.15) is 0 Å². The van der Waals surface area contributed by atoms with Gasteiger partial charge in [-0.05, 0) is 53.7 Å². The van der Waals surface area contributed by atoms with Gasteiger partial charge in [0.25, 0.3) is 5.91 Å². The van der Waals surface area contributed by atoms with Gasteiger partial charge in [-0.25, -0.2) is 0 Å². The second-order valence-electron chi connectivity index (χ2n) is 6.98. The van der Waals surface area contributed by atoms with Crippen LogP contribution in [0, 0.1) is 0 Å². The molecule has 5 heteroatoms. The lowest BCUT2D eigenvalue weighted by atomic mass is 10.1. The van der Waals surface area contributed by atoms with Crippen molar-refractivity contribution in [2.24, 2.45) is 0 Å². The minimum atomic E-state index is -0.0786. The summed E-state index contributed by atoms with van der Waals surface area (Å²) in [5, 5.41) is 5.22. The molecule has 1 saturated heterocycles. The van der Waals surface area contributed by atoms with Crippen molar-refractivity contribution in [2.75, 3.05) is 42.9 Å². The van der Waals surface area contributed by atoms with Crippen LogP contribution >= 0.6 is 12.4 Å². The Hall–Kier alpha value is -2.56. The fraction of sp³-hybridized carbons (Fsp3) is 0.261. The van der Waals surface area contributed by atoms with E-state index in [0.29, 0.717) is 5.56 Å². The second-order valence-corrected chi connectivity index (χ2v) is 6.98. The zero-order valence-corrected chi connectivity index (χ0v) is 16.9. The van der Waals surface area contributed by atoms with Crippen LogP contribution in [0.4, 0.5) is 11.4 Å². The van der Waals surface area contributed by atoms with Crippen LogP contribution in [-0.4, -0.2) is 43.5 Å². The van der Waals surface area contributed by atoms with Gasteiger partial charge in [0, 0.05) is 43.1 Å². The number of nitrogens with one attached hydrogen (secondary N) is 1. The van der Waals surface area contributed by atoms with E-state index in [1.807, 2.05) is 48.5 Å². The summed E-state index contributed by atoms with van der Waals surface area (Å²) in [6.45, 7) is 7.65. The summed E-state index contributed by atoms with van der Waals surface area (Å²) >= 11 is 0. The first-order chi connectivity index (χ1) is 13.2. The van der Waals surface area contributed by atoms with Crippen LogP contribution in [0.2, 0.25) is 0 Å². The summed E-state index contributed by atoms with van der Waals surface area (Å²) in [6, 6.07) is 22.0. The molecule has 1 N–H and O–H groups in total. The third-order valence-electron chi connectivity index (χ3n) is 5.32. The van der Waals surface area contributed by atoms with Crippen LogP contribution in [0.15, 0.2) is 66.7 Å². The van der Waals surface area contributed by atoms with Crippen LogP contribution in [0.3, 0.4) is 0 Å². The third-order valence-corrected chi connectivity index (χ3v) is 5.32. The molecule has 4 rings (SSSR count). The quantitative estimate of drug-likeness (QED) is 0.698. The highest BCUT2D eigenvalue weighted by atomic mass is 35.5. The van der Waals surface area contributed by atoms with Crippen LogP contribution < -0.4 is 10.2 Å². The molecule has 3 aromatic carbocycles. The summed E-state index contributed by atoms with van der Waals surface area (Å²) in [7, 11) is 0. The molecule has 1 fully saturated rings. The van der Waals surface area contributed by atoms with E-state index in [-0.39, 0.29) is 18.3 Å². The Morgan fingerprint density at radius 3 is 2.25 bits per heavy atom. The number of amides is 1. The molecule has 0 radical (unpaired) electrons. The molecule has 1 heterocycles. The first kappa shape index (κ1) is 20.2. The fourth-order valence-electron chi connectivity index (χ4n) is 3.61. The van der Waals surface area contributed by atoms with E-state index in [2.05, 4.69) is 40.2 Å². The molecule has 0 saturated carbocycles. The number of carbonyl (C=O) groups is 1. The molecular weight excluding hydrogens is 370 g/mol. The van der Waals surface area contributed by atoms with E-state index in [0.717, 1.165) is 49.2 Å². The van der Waals surface area contributed by atoms with E-state index in [9.17, 15) is 4.79 Å². The maximum Gasteiger partial charge on any atom is 0.255 e. The number of piperazine rings is 1. The van der Waals surface area contributed by atoms with Gasteiger partial charge in [-0.2, -0.15) is 0 Å². The highest BCUT2D eigenvalue weighted by Gasteiger charge is 2.15. The summed E-state index contributed by atoms with van der Waals surface area (Å²) in [5.74, 6) is -0.0786. The highest BCUT2D eigenvalue weighted by molar-refractivity contribution is 6.06. The number of anilines is 2. The van der Waals surface area contributed by atoms with Crippen LogP contribution in [0.1, 0.15) is 17.3 Å². The van der Waals surface area contributed by atoms with Gasteiger partial charge in [-0.1, -0.05) is 37.3 Å². The molecule has 146 valence electrons. The van der Waals surface area contributed by atoms with Crippen molar-refractivity contribution >= 4 is 40.5 Å². The molecule has 0 spiro atoms. The SMILES string of the molecule is CCN1CCN(c2ccc(NC(=O)c3ccc4ccccc4c3)cc2)CC1.Cl. The molecule has 4 nitrogen and oxygen atoms in total. The number of fused-ring (bicyclic) bond motifs is 1. The Labute approximate surface area is 172 Å². The summed E-state index contributed by atoms with van der Waals surface area (Å²) in [5.41, 5.74) is 2.71. The Bertz CT molecular complexity index is 934. The molecule has 0 atom stereocenters. The summed E-state index contributed by atoms with van der Waals surface area (Å²) in [4.78, 5) is 17.5. The Morgan fingerprint density at radius 2 is 1.57 bits per heavy atom. The zero-order valence-electron chi connectivity index (χ0n) is 16.1. The van der Waals surface area contributed by atoms with Crippen molar-refractivity contribution in [2.45, 2.75) is 6.92 Å². The van der Waals surface area contributed by atoms with Crippen molar-refractivity contribution in [1.82, 2.24) is 4.90 Å². The van der Waals surface area contributed by atoms with E-state index in [1.54, 1.807) is 0 Å². The van der Waals surface area contributed by atoms with E-state index >= 15 is 0 Å². The number of rotatable bonds is 4. The lowest BCUT2D eigenvalue weighted by Gasteiger charge is -2.35. The Balaban J connectivity index is 0.00000225. The molecule has 0 unspecified atom stereocenters. The Morgan fingerprint density at radius 1 is 0.893 bits per heavy atom.